The minimum Gasteiger partial charge on any atom is -0.381 e. The summed E-state index contributed by atoms with van der Waals surface area (Å²) < 4.78 is 23.9. The van der Waals surface area contributed by atoms with Crippen LogP contribution in [0.5, 0.6) is 0 Å². The van der Waals surface area contributed by atoms with Gasteiger partial charge in [-0.25, -0.2) is 4.39 Å². The molecule has 0 spiro atoms. The maximum absolute atomic E-state index is 13.2. The van der Waals surface area contributed by atoms with Gasteiger partial charge in [0.05, 0.1) is 0 Å². The van der Waals surface area contributed by atoms with E-state index in [1.807, 2.05) is 13.0 Å². The smallest absolute Gasteiger partial charge is 0.185 e. The number of halogens is 1. The molecule has 23 heavy (non-hydrogen) atoms. The summed E-state index contributed by atoms with van der Waals surface area (Å²) in [5.74, 6) is 0.805. The number of nitrogens with zero attached hydrogens (tertiary/aromatic N) is 1. The molecule has 1 aliphatic heterocycles. The SMILES string of the molecule is Cc1c(C(=O)CCC2CCOC2)noc1Cc1cccc(F)c1. The average molecular weight is 317 g/mol. The number of hydrogen-bond donors (Lipinski definition) is 0. The third-order valence-electron chi connectivity index (χ3n) is 4.34. The van der Waals surface area contributed by atoms with Gasteiger partial charge in [-0.2, -0.15) is 0 Å². The standard InChI is InChI=1S/C18H20FNO3/c1-12-17(10-14-3-2-4-15(19)9-14)23-20-18(12)16(21)6-5-13-7-8-22-11-13/h2-4,9,13H,5-8,10-11H2,1H3. The predicted molar refractivity (Wildman–Crippen MR) is 82.9 cm³/mol. The van der Waals surface area contributed by atoms with Gasteiger partial charge in [-0.05, 0) is 43.4 Å². The fourth-order valence-electron chi connectivity index (χ4n) is 2.89. The molecule has 1 aromatic carbocycles. The molecule has 4 nitrogen and oxygen atoms in total. The summed E-state index contributed by atoms with van der Waals surface area (Å²) in [4.78, 5) is 12.3. The summed E-state index contributed by atoms with van der Waals surface area (Å²) in [5.41, 5.74) is 1.95. The Morgan fingerprint density at radius 2 is 2.30 bits per heavy atom. The lowest BCUT2D eigenvalue weighted by molar-refractivity contribution is 0.0962. The van der Waals surface area contributed by atoms with Gasteiger partial charge in [0.25, 0.3) is 0 Å². The van der Waals surface area contributed by atoms with Gasteiger partial charge in [0.2, 0.25) is 0 Å². The van der Waals surface area contributed by atoms with Crippen molar-refractivity contribution in [3.8, 4) is 0 Å². The van der Waals surface area contributed by atoms with Crippen molar-refractivity contribution in [2.45, 2.75) is 32.6 Å². The molecule has 1 atom stereocenters. The van der Waals surface area contributed by atoms with E-state index in [4.69, 9.17) is 9.26 Å². The van der Waals surface area contributed by atoms with Gasteiger partial charge < -0.3 is 9.26 Å². The van der Waals surface area contributed by atoms with Crippen LogP contribution >= 0.6 is 0 Å². The van der Waals surface area contributed by atoms with E-state index in [0.717, 1.165) is 37.2 Å². The van der Waals surface area contributed by atoms with E-state index in [2.05, 4.69) is 5.16 Å². The molecule has 1 fully saturated rings. The zero-order valence-electron chi connectivity index (χ0n) is 13.2. The van der Waals surface area contributed by atoms with Crippen LogP contribution in [0.3, 0.4) is 0 Å². The van der Waals surface area contributed by atoms with E-state index < -0.39 is 0 Å². The molecule has 0 bridgehead atoms. The minimum absolute atomic E-state index is 0.00337. The van der Waals surface area contributed by atoms with E-state index in [0.29, 0.717) is 30.2 Å². The molecule has 0 aliphatic carbocycles. The van der Waals surface area contributed by atoms with Gasteiger partial charge in [0, 0.05) is 31.6 Å². The number of Topliss-reactive ketones (excluding diaryl/α,β-unsaturated/α-hetero) is 1. The third kappa shape index (κ3) is 3.85. The fraction of sp³-hybridized carbons (Fsp3) is 0.444. The van der Waals surface area contributed by atoms with Crippen LogP contribution in [0.4, 0.5) is 4.39 Å². The van der Waals surface area contributed by atoms with Crippen molar-refractivity contribution in [3.63, 3.8) is 0 Å². The highest BCUT2D eigenvalue weighted by molar-refractivity contribution is 5.95. The molecule has 1 saturated heterocycles. The zero-order chi connectivity index (χ0) is 16.2. The second kappa shape index (κ2) is 7.04. The van der Waals surface area contributed by atoms with Crippen LogP contribution < -0.4 is 0 Å². The summed E-state index contributed by atoms with van der Waals surface area (Å²) in [6.45, 7) is 3.37. The lowest BCUT2D eigenvalue weighted by Gasteiger charge is -2.05. The van der Waals surface area contributed by atoms with Crippen molar-refractivity contribution in [1.29, 1.82) is 0 Å². The van der Waals surface area contributed by atoms with Gasteiger partial charge in [0.15, 0.2) is 11.5 Å². The van der Waals surface area contributed by atoms with Crippen molar-refractivity contribution in [2.75, 3.05) is 13.2 Å². The number of rotatable bonds is 6. The monoisotopic (exact) mass is 317 g/mol. The number of carbonyl (C=O) groups is 1. The van der Waals surface area contributed by atoms with E-state index in [1.54, 1.807) is 6.07 Å². The number of benzene rings is 1. The molecule has 2 heterocycles. The number of carbonyl (C=O) groups excluding carboxylic acids is 1. The molecule has 0 N–H and O–H groups in total. The Labute approximate surface area is 134 Å². The fourth-order valence-corrected chi connectivity index (χ4v) is 2.89. The third-order valence-corrected chi connectivity index (χ3v) is 4.34. The molecule has 1 unspecified atom stereocenters. The molecule has 122 valence electrons. The molecule has 2 aromatic rings. The van der Waals surface area contributed by atoms with E-state index in [-0.39, 0.29) is 11.6 Å². The molecule has 1 aromatic heterocycles. The van der Waals surface area contributed by atoms with Crippen LogP contribution in [-0.4, -0.2) is 24.2 Å². The van der Waals surface area contributed by atoms with Crippen LogP contribution in [0, 0.1) is 18.7 Å². The highest BCUT2D eigenvalue weighted by Gasteiger charge is 2.22. The second-order valence-electron chi connectivity index (χ2n) is 6.08. The Hall–Kier alpha value is -2.01. The van der Waals surface area contributed by atoms with Gasteiger partial charge in [-0.15, -0.1) is 0 Å². The summed E-state index contributed by atoms with van der Waals surface area (Å²) in [7, 11) is 0. The van der Waals surface area contributed by atoms with Gasteiger partial charge in [0.1, 0.15) is 11.6 Å². The molecule has 0 amide bonds. The first-order valence-electron chi connectivity index (χ1n) is 7.94. The molecule has 1 aliphatic rings. The molecular weight excluding hydrogens is 297 g/mol. The summed E-state index contributed by atoms with van der Waals surface area (Å²) in [5, 5.41) is 3.93. The Kier molecular flexibility index (Phi) is 4.86. The van der Waals surface area contributed by atoms with Crippen LogP contribution in [0.25, 0.3) is 0 Å². The average Bonchev–Trinajstić information content (AvgIpc) is 3.16. The van der Waals surface area contributed by atoms with E-state index in [1.165, 1.54) is 12.1 Å². The highest BCUT2D eigenvalue weighted by atomic mass is 19.1. The number of ether oxygens (including phenoxy) is 1. The molecule has 3 rings (SSSR count). The molecular formula is C18H20FNO3. The summed E-state index contributed by atoms with van der Waals surface area (Å²) in [6.07, 6.45) is 2.74. The Bertz CT molecular complexity index is 689. The number of hydrogen-bond acceptors (Lipinski definition) is 4. The van der Waals surface area contributed by atoms with Crippen LogP contribution in [-0.2, 0) is 11.2 Å². The highest BCUT2D eigenvalue weighted by Crippen LogP contribution is 2.22. The predicted octanol–water partition coefficient (Wildman–Crippen LogP) is 3.71. The Balaban J connectivity index is 1.64. The van der Waals surface area contributed by atoms with E-state index >= 15 is 0 Å². The maximum atomic E-state index is 13.2. The van der Waals surface area contributed by atoms with Crippen molar-refractivity contribution in [2.24, 2.45) is 5.92 Å². The summed E-state index contributed by atoms with van der Waals surface area (Å²) >= 11 is 0. The lowest BCUT2D eigenvalue weighted by Crippen LogP contribution is -2.07. The summed E-state index contributed by atoms with van der Waals surface area (Å²) in [6, 6.07) is 6.35. The lowest BCUT2D eigenvalue weighted by atomic mass is 9.98. The van der Waals surface area contributed by atoms with Gasteiger partial charge in [-0.3, -0.25) is 4.79 Å². The first-order valence-corrected chi connectivity index (χ1v) is 7.94. The largest absolute Gasteiger partial charge is 0.381 e. The number of ketones is 1. The first kappa shape index (κ1) is 15.9. The molecule has 0 radical (unpaired) electrons. The van der Waals surface area contributed by atoms with Crippen molar-refractivity contribution >= 4 is 5.78 Å². The van der Waals surface area contributed by atoms with Gasteiger partial charge >= 0.3 is 0 Å². The topological polar surface area (TPSA) is 52.3 Å². The number of aromatic nitrogens is 1. The van der Waals surface area contributed by atoms with Crippen LogP contribution in [0.1, 0.15) is 46.6 Å². The normalized spacial score (nSPS) is 17.6. The maximum Gasteiger partial charge on any atom is 0.185 e. The zero-order valence-corrected chi connectivity index (χ0v) is 13.2. The van der Waals surface area contributed by atoms with Crippen LogP contribution in [0.2, 0.25) is 0 Å². The van der Waals surface area contributed by atoms with E-state index in [9.17, 15) is 9.18 Å². The van der Waals surface area contributed by atoms with Crippen molar-refractivity contribution < 1.29 is 18.4 Å². The Morgan fingerprint density at radius 1 is 1.43 bits per heavy atom. The minimum atomic E-state index is -0.283. The molecule has 0 saturated carbocycles. The first-order chi connectivity index (χ1) is 11.1. The van der Waals surface area contributed by atoms with Crippen molar-refractivity contribution in [1.82, 2.24) is 5.16 Å². The van der Waals surface area contributed by atoms with Gasteiger partial charge in [-0.1, -0.05) is 17.3 Å². The molecule has 5 heteroatoms. The van der Waals surface area contributed by atoms with Crippen LogP contribution in [0.15, 0.2) is 28.8 Å². The second-order valence-corrected chi connectivity index (χ2v) is 6.08. The van der Waals surface area contributed by atoms with Crippen molar-refractivity contribution in [3.05, 3.63) is 52.7 Å². The Morgan fingerprint density at radius 3 is 3.04 bits per heavy atom. The quantitative estimate of drug-likeness (QED) is 0.762.